The molecule has 0 N–H and O–H groups in total. The fourth-order valence-electron chi connectivity index (χ4n) is 4.00. The molecule has 3 amide bonds. The van der Waals surface area contributed by atoms with Crippen molar-refractivity contribution in [2.75, 3.05) is 31.6 Å². The van der Waals surface area contributed by atoms with Gasteiger partial charge in [-0.2, -0.15) is 0 Å². The van der Waals surface area contributed by atoms with Crippen LogP contribution >= 0.6 is 11.3 Å². The van der Waals surface area contributed by atoms with Crippen LogP contribution in [0.3, 0.4) is 0 Å². The van der Waals surface area contributed by atoms with Gasteiger partial charge in [0.15, 0.2) is 0 Å². The average Bonchev–Trinajstić information content (AvgIpc) is 3.00. The summed E-state index contributed by atoms with van der Waals surface area (Å²) < 4.78 is 13.7. The Morgan fingerprint density at radius 2 is 1.97 bits per heavy atom. The molecule has 0 saturated heterocycles. The van der Waals surface area contributed by atoms with Crippen molar-refractivity contribution in [2.24, 2.45) is 0 Å². The van der Waals surface area contributed by atoms with E-state index in [4.69, 9.17) is 0 Å². The van der Waals surface area contributed by atoms with E-state index >= 15 is 0 Å². The molecule has 0 atom stereocenters. The minimum absolute atomic E-state index is 0.0619. The highest BCUT2D eigenvalue weighted by Crippen LogP contribution is 2.41. The van der Waals surface area contributed by atoms with Crippen LogP contribution in [0.2, 0.25) is 0 Å². The molecule has 0 fully saturated rings. The summed E-state index contributed by atoms with van der Waals surface area (Å²) in [6, 6.07) is 4.32. The molecule has 0 aliphatic carbocycles. The maximum Gasteiger partial charge on any atom is 0.257 e. The maximum atomic E-state index is 13.7. The van der Waals surface area contributed by atoms with E-state index < -0.39 is 5.82 Å². The topological polar surface area (TPSA) is 60.9 Å². The molecular weight excluding hydrogens is 393 g/mol. The standard InChI is InChI=1S/C21H22FN3O3S/c1-4-25-17(26)11-23(3)20(28)18-15-5-6-24(10-16(15)29-21(18)25)19(27)13-7-12(2)8-14(22)9-13/h7-9H,4-6,10-11H2,1-3H3. The Labute approximate surface area is 172 Å². The van der Waals surface area contributed by atoms with Gasteiger partial charge >= 0.3 is 0 Å². The molecule has 0 spiro atoms. The second-order valence-electron chi connectivity index (χ2n) is 7.48. The Hall–Kier alpha value is -2.74. The molecule has 152 valence electrons. The van der Waals surface area contributed by atoms with E-state index in [1.807, 2.05) is 6.92 Å². The van der Waals surface area contributed by atoms with Gasteiger partial charge in [-0.05, 0) is 49.6 Å². The number of hydrogen-bond donors (Lipinski definition) is 0. The van der Waals surface area contributed by atoms with Crippen LogP contribution in [-0.2, 0) is 17.8 Å². The molecule has 8 heteroatoms. The van der Waals surface area contributed by atoms with Gasteiger partial charge in [-0.15, -0.1) is 11.3 Å². The summed E-state index contributed by atoms with van der Waals surface area (Å²) in [5.41, 5.74) is 2.54. The molecule has 1 aromatic carbocycles. The summed E-state index contributed by atoms with van der Waals surface area (Å²) in [5.74, 6) is -0.917. The van der Waals surface area contributed by atoms with Crippen molar-refractivity contribution in [3.05, 3.63) is 51.1 Å². The highest BCUT2D eigenvalue weighted by atomic mass is 32.1. The number of halogens is 1. The van der Waals surface area contributed by atoms with Crippen molar-refractivity contribution in [2.45, 2.75) is 26.8 Å². The Balaban J connectivity index is 1.69. The highest BCUT2D eigenvalue weighted by molar-refractivity contribution is 7.17. The van der Waals surface area contributed by atoms with E-state index in [2.05, 4.69) is 0 Å². The maximum absolute atomic E-state index is 13.7. The quantitative estimate of drug-likeness (QED) is 0.758. The van der Waals surface area contributed by atoms with Crippen molar-refractivity contribution < 1.29 is 18.8 Å². The first-order chi connectivity index (χ1) is 13.8. The molecule has 29 heavy (non-hydrogen) atoms. The van der Waals surface area contributed by atoms with E-state index in [1.165, 1.54) is 28.4 Å². The van der Waals surface area contributed by atoms with Gasteiger partial charge in [-0.1, -0.05) is 0 Å². The Morgan fingerprint density at radius 1 is 1.21 bits per heavy atom. The summed E-state index contributed by atoms with van der Waals surface area (Å²) in [4.78, 5) is 44.1. The summed E-state index contributed by atoms with van der Waals surface area (Å²) in [7, 11) is 1.64. The number of nitrogens with zero attached hydrogens (tertiary/aromatic N) is 3. The monoisotopic (exact) mass is 415 g/mol. The lowest BCUT2D eigenvalue weighted by atomic mass is 10.0. The highest BCUT2D eigenvalue weighted by Gasteiger charge is 2.37. The van der Waals surface area contributed by atoms with Crippen LogP contribution in [0.4, 0.5) is 9.39 Å². The van der Waals surface area contributed by atoms with Gasteiger partial charge in [-0.3, -0.25) is 14.4 Å². The number of rotatable bonds is 2. The molecule has 2 aromatic rings. The fourth-order valence-corrected chi connectivity index (χ4v) is 5.43. The number of benzene rings is 1. The molecule has 1 aromatic heterocycles. The van der Waals surface area contributed by atoms with Crippen LogP contribution in [0, 0.1) is 12.7 Å². The zero-order valence-corrected chi connectivity index (χ0v) is 17.4. The molecule has 6 nitrogen and oxygen atoms in total. The SMILES string of the molecule is CCN1C(=O)CN(C)C(=O)c2c1sc1c2CCN(C(=O)c2cc(C)cc(F)c2)C1. The molecule has 3 heterocycles. The number of likely N-dealkylation sites (N-methyl/N-ethyl adjacent to an activating group) is 2. The van der Waals surface area contributed by atoms with Gasteiger partial charge in [-0.25, -0.2) is 4.39 Å². The van der Waals surface area contributed by atoms with Gasteiger partial charge in [0.25, 0.3) is 11.8 Å². The second kappa shape index (κ2) is 7.26. The van der Waals surface area contributed by atoms with Crippen LogP contribution in [-0.4, -0.2) is 54.2 Å². The van der Waals surface area contributed by atoms with Crippen molar-refractivity contribution in [3.63, 3.8) is 0 Å². The number of aryl methyl sites for hydroxylation is 1. The molecule has 2 aliphatic heterocycles. The number of carbonyl (C=O) groups is 3. The zero-order valence-electron chi connectivity index (χ0n) is 16.6. The van der Waals surface area contributed by atoms with Crippen LogP contribution in [0.15, 0.2) is 18.2 Å². The Morgan fingerprint density at radius 3 is 2.66 bits per heavy atom. The molecule has 0 saturated carbocycles. The molecule has 2 aliphatic rings. The lowest BCUT2D eigenvalue weighted by Gasteiger charge is -2.28. The minimum Gasteiger partial charge on any atom is -0.333 e. The van der Waals surface area contributed by atoms with E-state index in [0.717, 1.165) is 10.4 Å². The predicted octanol–water partition coefficient (Wildman–Crippen LogP) is 2.83. The number of anilines is 1. The van der Waals surface area contributed by atoms with Crippen LogP contribution in [0.25, 0.3) is 0 Å². The fraction of sp³-hybridized carbons (Fsp3) is 0.381. The molecule has 4 rings (SSSR count). The third-order valence-electron chi connectivity index (χ3n) is 5.41. The summed E-state index contributed by atoms with van der Waals surface area (Å²) in [6.07, 6.45) is 0.534. The summed E-state index contributed by atoms with van der Waals surface area (Å²) in [6.45, 7) is 4.98. The zero-order chi connectivity index (χ0) is 20.9. The predicted molar refractivity (Wildman–Crippen MR) is 109 cm³/mol. The van der Waals surface area contributed by atoms with Gasteiger partial charge in [0, 0.05) is 30.6 Å². The van der Waals surface area contributed by atoms with E-state index in [-0.39, 0.29) is 24.3 Å². The third-order valence-corrected chi connectivity index (χ3v) is 6.65. The van der Waals surface area contributed by atoms with Gasteiger partial charge < -0.3 is 14.7 Å². The van der Waals surface area contributed by atoms with Gasteiger partial charge in [0.1, 0.15) is 17.4 Å². The number of carbonyl (C=O) groups excluding carboxylic acids is 3. The smallest absolute Gasteiger partial charge is 0.257 e. The van der Waals surface area contributed by atoms with E-state index in [0.29, 0.717) is 47.7 Å². The van der Waals surface area contributed by atoms with Crippen molar-refractivity contribution in [1.82, 2.24) is 9.80 Å². The lowest BCUT2D eigenvalue weighted by molar-refractivity contribution is -0.118. The number of fused-ring (bicyclic) bond motifs is 3. The van der Waals surface area contributed by atoms with Crippen molar-refractivity contribution >= 4 is 34.1 Å². The van der Waals surface area contributed by atoms with Crippen LogP contribution < -0.4 is 4.90 Å². The molecule has 0 radical (unpaired) electrons. The number of amides is 3. The molecular formula is C21H22FN3O3S. The van der Waals surface area contributed by atoms with Crippen LogP contribution in [0.1, 0.15) is 43.6 Å². The molecule has 0 bridgehead atoms. The third kappa shape index (κ3) is 3.31. The average molecular weight is 415 g/mol. The van der Waals surface area contributed by atoms with Crippen molar-refractivity contribution in [3.8, 4) is 0 Å². The van der Waals surface area contributed by atoms with E-state index in [9.17, 15) is 18.8 Å². The lowest BCUT2D eigenvalue weighted by Crippen LogP contribution is -2.38. The minimum atomic E-state index is -0.431. The first kappa shape index (κ1) is 19.6. The summed E-state index contributed by atoms with van der Waals surface area (Å²) in [5, 5.41) is 0.674. The van der Waals surface area contributed by atoms with Crippen LogP contribution in [0.5, 0.6) is 0 Å². The first-order valence-corrected chi connectivity index (χ1v) is 10.4. The second-order valence-corrected chi connectivity index (χ2v) is 8.56. The van der Waals surface area contributed by atoms with Crippen molar-refractivity contribution in [1.29, 1.82) is 0 Å². The Kier molecular flexibility index (Phi) is 4.90. The Bertz CT molecular complexity index is 1010. The van der Waals surface area contributed by atoms with Gasteiger partial charge in [0.2, 0.25) is 5.91 Å². The largest absolute Gasteiger partial charge is 0.333 e. The normalized spacial score (nSPS) is 16.6. The first-order valence-electron chi connectivity index (χ1n) is 9.57. The number of thiophene rings is 1. The van der Waals surface area contributed by atoms with Gasteiger partial charge in [0.05, 0.1) is 12.1 Å². The number of hydrogen-bond acceptors (Lipinski definition) is 4. The molecule has 0 unspecified atom stereocenters. The summed E-state index contributed by atoms with van der Waals surface area (Å²) >= 11 is 1.41. The van der Waals surface area contributed by atoms with E-state index in [1.54, 1.807) is 29.8 Å².